The molecule has 0 aliphatic carbocycles. The maximum absolute atomic E-state index is 11.9. The number of nitro benzene ring substituents is 1. The van der Waals surface area contributed by atoms with Gasteiger partial charge in [-0.1, -0.05) is 29.3 Å². The Morgan fingerprint density at radius 2 is 1.83 bits per heavy atom. The molecule has 0 aromatic heterocycles. The number of hydrogen-bond acceptors (Lipinski definition) is 5. The predicted molar refractivity (Wildman–Crippen MR) is 85.3 cm³/mol. The number of esters is 1. The average molecular weight is 356 g/mol. The van der Waals surface area contributed by atoms with Gasteiger partial charge in [-0.05, 0) is 30.3 Å². The third kappa shape index (κ3) is 4.84. The van der Waals surface area contributed by atoms with E-state index in [-0.39, 0.29) is 23.8 Å². The van der Waals surface area contributed by atoms with Crippen molar-refractivity contribution in [3.63, 3.8) is 0 Å². The minimum absolute atomic E-state index is 0.0644. The molecule has 0 radical (unpaired) electrons. The molecule has 0 bridgehead atoms. The largest absolute Gasteiger partial charge is 0.490 e. The van der Waals surface area contributed by atoms with E-state index in [1.165, 1.54) is 12.1 Å². The Kier molecular flexibility index (Phi) is 5.78. The summed E-state index contributed by atoms with van der Waals surface area (Å²) in [6, 6.07) is 10.5. The Hall–Kier alpha value is -2.31. The molecule has 0 N–H and O–H groups in total. The van der Waals surface area contributed by atoms with Crippen molar-refractivity contribution in [2.24, 2.45) is 0 Å². The van der Waals surface area contributed by atoms with Gasteiger partial charge in [0, 0.05) is 16.1 Å². The molecular formula is C15H11Cl2NO5. The zero-order valence-electron chi connectivity index (χ0n) is 11.7. The summed E-state index contributed by atoms with van der Waals surface area (Å²) in [4.78, 5) is 22.1. The van der Waals surface area contributed by atoms with E-state index in [4.69, 9.17) is 32.7 Å². The summed E-state index contributed by atoms with van der Waals surface area (Å²) in [7, 11) is 0. The van der Waals surface area contributed by atoms with Gasteiger partial charge in [0.1, 0.15) is 24.5 Å². The minimum Gasteiger partial charge on any atom is -0.490 e. The summed E-state index contributed by atoms with van der Waals surface area (Å²) in [6.45, 7) is 0.0264. The lowest BCUT2D eigenvalue weighted by molar-refractivity contribution is -0.385. The quantitative estimate of drug-likeness (QED) is 0.336. The zero-order chi connectivity index (χ0) is 16.8. The van der Waals surface area contributed by atoms with Crippen LogP contribution in [0.25, 0.3) is 0 Å². The smallest absolute Gasteiger partial charge is 0.345 e. The van der Waals surface area contributed by atoms with Crippen molar-refractivity contribution in [1.29, 1.82) is 0 Å². The van der Waals surface area contributed by atoms with Gasteiger partial charge >= 0.3 is 5.97 Å². The Morgan fingerprint density at radius 1 is 1.09 bits per heavy atom. The van der Waals surface area contributed by atoms with Crippen molar-refractivity contribution in [3.05, 3.63) is 68.2 Å². The van der Waals surface area contributed by atoms with Gasteiger partial charge in [0.05, 0.1) is 4.92 Å². The van der Waals surface area contributed by atoms with Gasteiger partial charge in [0.25, 0.3) is 5.69 Å². The van der Waals surface area contributed by atoms with Crippen LogP contribution in [0.15, 0.2) is 42.5 Å². The second-order valence-electron chi connectivity index (χ2n) is 4.36. The predicted octanol–water partition coefficient (Wildman–Crippen LogP) is 4.14. The number of carbonyl (C=O) groups is 1. The van der Waals surface area contributed by atoms with Crippen LogP contribution in [0.1, 0.15) is 10.4 Å². The van der Waals surface area contributed by atoms with E-state index in [1.807, 2.05) is 0 Å². The summed E-state index contributed by atoms with van der Waals surface area (Å²) >= 11 is 11.5. The number of benzene rings is 2. The van der Waals surface area contributed by atoms with E-state index in [1.54, 1.807) is 24.3 Å². The number of nitrogens with zero attached hydrogens (tertiary/aromatic N) is 1. The number of halogens is 2. The standard InChI is InChI=1S/C15H11Cl2NO5/c16-10-2-1-3-12(8-10)22-6-7-23-15(19)13-5-4-11(17)9-14(13)18(20)21/h1-5,8-9H,6-7H2. The molecule has 0 aliphatic heterocycles. The zero-order valence-corrected chi connectivity index (χ0v) is 13.2. The third-order valence-electron chi connectivity index (χ3n) is 2.76. The molecule has 6 nitrogen and oxygen atoms in total. The lowest BCUT2D eigenvalue weighted by Crippen LogP contribution is -2.13. The first-order chi connectivity index (χ1) is 11.0. The highest BCUT2D eigenvalue weighted by Crippen LogP contribution is 2.24. The van der Waals surface area contributed by atoms with Crippen LogP contribution in [-0.2, 0) is 4.74 Å². The van der Waals surface area contributed by atoms with Crippen molar-refractivity contribution in [1.82, 2.24) is 0 Å². The number of hydrogen-bond donors (Lipinski definition) is 0. The average Bonchev–Trinajstić information content (AvgIpc) is 2.51. The molecule has 0 fully saturated rings. The summed E-state index contributed by atoms with van der Waals surface area (Å²) in [5.74, 6) is -0.283. The molecule has 0 spiro atoms. The first-order valence-corrected chi connectivity index (χ1v) is 7.22. The van der Waals surface area contributed by atoms with Crippen LogP contribution in [0.3, 0.4) is 0 Å². The Labute approximate surface area is 141 Å². The fraction of sp³-hybridized carbons (Fsp3) is 0.133. The van der Waals surface area contributed by atoms with Gasteiger partial charge < -0.3 is 9.47 Å². The molecule has 2 rings (SSSR count). The summed E-state index contributed by atoms with van der Waals surface area (Å²) in [6.07, 6.45) is 0. The van der Waals surface area contributed by atoms with E-state index < -0.39 is 16.6 Å². The molecule has 120 valence electrons. The van der Waals surface area contributed by atoms with Gasteiger partial charge in [-0.2, -0.15) is 0 Å². The van der Waals surface area contributed by atoms with Crippen molar-refractivity contribution in [2.45, 2.75) is 0 Å². The molecule has 2 aromatic rings. The second-order valence-corrected chi connectivity index (χ2v) is 5.23. The molecule has 0 saturated carbocycles. The monoisotopic (exact) mass is 355 g/mol. The van der Waals surface area contributed by atoms with Gasteiger partial charge in [-0.25, -0.2) is 4.79 Å². The highest BCUT2D eigenvalue weighted by molar-refractivity contribution is 6.31. The third-order valence-corrected chi connectivity index (χ3v) is 3.23. The molecule has 0 saturated heterocycles. The van der Waals surface area contributed by atoms with Gasteiger partial charge in [0.2, 0.25) is 0 Å². The van der Waals surface area contributed by atoms with Crippen LogP contribution in [0.2, 0.25) is 10.0 Å². The minimum atomic E-state index is -0.817. The molecule has 0 atom stereocenters. The van der Waals surface area contributed by atoms with E-state index in [2.05, 4.69) is 0 Å². The number of rotatable bonds is 6. The summed E-state index contributed by atoms with van der Waals surface area (Å²) in [5.41, 5.74) is -0.569. The number of carbonyl (C=O) groups excluding carboxylic acids is 1. The molecule has 0 unspecified atom stereocenters. The first-order valence-electron chi connectivity index (χ1n) is 6.47. The molecule has 23 heavy (non-hydrogen) atoms. The lowest BCUT2D eigenvalue weighted by Gasteiger charge is -2.08. The highest BCUT2D eigenvalue weighted by Gasteiger charge is 2.21. The van der Waals surface area contributed by atoms with Gasteiger partial charge in [-0.3, -0.25) is 10.1 Å². The number of nitro groups is 1. The van der Waals surface area contributed by atoms with Crippen LogP contribution in [0.5, 0.6) is 5.75 Å². The molecule has 8 heteroatoms. The molecule has 2 aromatic carbocycles. The van der Waals surface area contributed by atoms with Crippen molar-refractivity contribution in [2.75, 3.05) is 13.2 Å². The Balaban J connectivity index is 1.91. The van der Waals surface area contributed by atoms with Gasteiger partial charge in [0.15, 0.2) is 0 Å². The van der Waals surface area contributed by atoms with Crippen LogP contribution in [0, 0.1) is 10.1 Å². The van der Waals surface area contributed by atoms with E-state index in [9.17, 15) is 14.9 Å². The Morgan fingerprint density at radius 3 is 2.52 bits per heavy atom. The lowest BCUT2D eigenvalue weighted by atomic mass is 10.2. The number of ether oxygens (including phenoxy) is 2. The first kappa shape index (κ1) is 17.1. The van der Waals surface area contributed by atoms with E-state index in [0.29, 0.717) is 10.8 Å². The van der Waals surface area contributed by atoms with Crippen LogP contribution >= 0.6 is 23.2 Å². The second kappa shape index (κ2) is 7.80. The van der Waals surface area contributed by atoms with Crippen molar-refractivity contribution >= 4 is 34.9 Å². The SMILES string of the molecule is O=C(OCCOc1cccc(Cl)c1)c1ccc(Cl)cc1[N+](=O)[O-]. The molecule has 0 aliphatic rings. The van der Waals surface area contributed by atoms with Crippen molar-refractivity contribution < 1.29 is 19.2 Å². The van der Waals surface area contributed by atoms with Crippen molar-refractivity contribution in [3.8, 4) is 5.75 Å². The fourth-order valence-corrected chi connectivity index (χ4v) is 2.10. The summed E-state index contributed by atoms with van der Waals surface area (Å²) < 4.78 is 10.3. The van der Waals surface area contributed by atoms with Crippen LogP contribution < -0.4 is 4.74 Å². The Bertz CT molecular complexity index is 736. The van der Waals surface area contributed by atoms with E-state index in [0.717, 1.165) is 6.07 Å². The maximum atomic E-state index is 11.9. The van der Waals surface area contributed by atoms with Crippen LogP contribution in [-0.4, -0.2) is 24.1 Å². The fourth-order valence-electron chi connectivity index (χ4n) is 1.76. The maximum Gasteiger partial charge on any atom is 0.345 e. The van der Waals surface area contributed by atoms with E-state index >= 15 is 0 Å². The summed E-state index contributed by atoms with van der Waals surface area (Å²) in [5, 5.41) is 11.6. The van der Waals surface area contributed by atoms with Crippen LogP contribution in [0.4, 0.5) is 5.69 Å². The normalized spacial score (nSPS) is 10.2. The molecule has 0 amide bonds. The highest BCUT2D eigenvalue weighted by atomic mass is 35.5. The topological polar surface area (TPSA) is 78.7 Å². The molecular weight excluding hydrogens is 345 g/mol. The van der Waals surface area contributed by atoms with Gasteiger partial charge in [-0.15, -0.1) is 0 Å². The molecule has 0 heterocycles.